The first kappa shape index (κ1) is 10.7. The highest BCUT2D eigenvalue weighted by atomic mass is 16.5. The van der Waals surface area contributed by atoms with Gasteiger partial charge in [-0.05, 0) is 0 Å². The predicted molar refractivity (Wildman–Crippen MR) is 61.4 cm³/mol. The van der Waals surface area contributed by atoms with Crippen molar-refractivity contribution in [2.45, 2.75) is 0 Å². The molecular formula is C10H10N6O2. The molecular weight excluding hydrogens is 236 g/mol. The van der Waals surface area contributed by atoms with Gasteiger partial charge in [0.2, 0.25) is 0 Å². The van der Waals surface area contributed by atoms with Crippen LogP contribution in [0.3, 0.4) is 0 Å². The van der Waals surface area contributed by atoms with Gasteiger partial charge >= 0.3 is 0 Å². The van der Waals surface area contributed by atoms with E-state index in [1.807, 2.05) is 11.0 Å². The molecule has 2 aromatic rings. The molecule has 8 nitrogen and oxygen atoms in total. The Morgan fingerprint density at radius 1 is 1.44 bits per heavy atom. The first-order chi connectivity index (χ1) is 8.81. The SMILES string of the molecule is N#Cc1c(N2CCOCC2)nc2nc[nH]n2c1=O. The van der Waals surface area contributed by atoms with Crippen molar-refractivity contribution >= 4 is 11.6 Å². The highest BCUT2D eigenvalue weighted by molar-refractivity contribution is 5.56. The maximum Gasteiger partial charge on any atom is 0.294 e. The summed E-state index contributed by atoms with van der Waals surface area (Å²) in [5, 5.41) is 11.8. The quantitative estimate of drug-likeness (QED) is 0.701. The molecule has 0 spiro atoms. The number of nitrogens with zero attached hydrogens (tertiary/aromatic N) is 5. The van der Waals surface area contributed by atoms with Gasteiger partial charge in [0.05, 0.1) is 13.2 Å². The number of fused-ring (bicyclic) bond motifs is 1. The normalized spacial score (nSPS) is 15.8. The number of morpholine rings is 1. The van der Waals surface area contributed by atoms with Crippen molar-refractivity contribution in [1.82, 2.24) is 19.6 Å². The van der Waals surface area contributed by atoms with E-state index in [2.05, 4.69) is 15.1 Å². The van der Waals surface area contributed by atoms with Crippen LogP contribution in [0.4, 0.5) is 5.82 Å². The largest absolute Gasteiger partial charge is 0.378 e. The molecule has 3 heterocycles. The molecule has 0 atom stereocenters. The summed E-state index contributed by atoms with van der Waals surface area (Å²) in [5.74, 6) is 0.651. The van der Waals surface area contributed by atoms with E-state index in [1.54, 1.807) is 0 Å². The lowest BCUT2D eigenvalue weighted by Gasteiger charge is -2.27. The fourth-order valence-electron chi connectivity index (χ4n) is 1.95. The third kappa shape index (κ3) is 1.53. The zero-order chi connectivity index (χ0) is 12.5. The molecule has 1 saturated heterocycles. The molecule has 0 unspecified atom stereocenters. The maximum absolute atomic E-state index is 12.1. The number of ether oxygens (including phenoxy) is 1. The molecule has 8 heteroatoms. The average molecular weight is 246 g/mol. The molecule has 1 aliphatic heterocycles. The number of hydrogen-bond donors (Lipinski definition) is 1. The van der Waals surface area contributed by atoms with Crippen LogP contribution >= 0.6 is 0 Å². The molecule has 1 aliphatic rings. The van der Waals surface area contributed by atoms with E-state index >= 15 is 0 Å². The van der Waals surface area contributed by atoms with Gasteiger partial charge in [-0.25, -0.2) is 4.98 Å². The molecule has 2 aromatic heterocycles. The first-order valence-electron chi connectivity index (χ1n) is 5.50. The number of H-pyrrole nitrogens is 1. The number of anilines is 1. The fraction of sp³-hybridized carbons (Fsp3) is 0.400. The maximum atomic E-state index is 12.1. The number of hydrogen-bond acceptors (Lipinski definition) is 6. The second-order valence-electron chi connectivity index (χ2n) is 3.85. The second-order valence-corrected chi connectivity index (χ2v) is 3.85. The number of aromatic nitrogens is 4. The van der Waals surface area contributed by atoms with Crippen LogP contribution in [0.2, 0.25) is 0 Å². The molecule has 0 aliphatic carbocycles. The number of rotatable bonds is 1. The molecule has 1 fully saturated rings. The molecule has 0 radical (unpaired) electrons. The summed E-state index contributed by atoms with van der Waals surface area (Å²) in [6.07, 6.45) is 1.37. The first-order valence-corrected chi connectivity index (χ1v) is 5.50. The summed E-state index contributed by atoms with van der Waals surface area (Å²) >= 11 is 0. The van der Waals surface area contributed by atoms with Crippen LogP contribution in [0.1, 0.15) is 5.56 Å². The minimum absolute atomic E-state index is 0.0265. The van der Waals surface area contributed by atoms with E-state index in [1.165, 1.54) is 6.33 Å². The molecule has 0 amide bonds. The van der Waals surface area contributed by atoms with Gasteiger partial charge in [0.25, 0.3) is 11.3 Å². The van der Waals surface area contributed by atoms with Gasteiger partial charge in [-0.1, -0.05) is 0 Å². The third-order valence-electron chi connectivity index (χ3n) is 2.84. The van der Waals surface area contributed by atoms with Crippen LogP contribution in [-0.4, -0.2) is 45.9 Å². The third-order valence-corrected chi connectivity index (χ3v) is 2.84. The van der Waals surface area contributed by atoms with Crippen molar-refractivity contribution in [3.63, 3.8) is 0 Å². The summed E-state index contributed by atoms with van der Waals surface area (Å²) in [6, 6.07) is 1.92. The van der Waals surface area contributed by atoms with Crippen LogP contribution in [0.15, 0.2) is 11.1 Å². The minimum Gasteiger partial charge on any atom is -0.378 e. The van der Waals surface area contributed by atoms with Gasteiger partial charge in [-0.15, -0.1) is 0 Å². The smallest absolute Gasteiger partial charge is 0.294 e. The molecule has 3 rings (SSSR count). The Labute approximate surface area is 101 Å². The Morgan fingerprint density at radius 3 is 2.94 bits per heavy atom. The van der Waals surface area contributed by atoms with Gasteiger partial charge in [-0.3, -0.25) is 9.89 Å². The van der Waals surface area contributed by atoms with Crippen molar-refractivity contribution in [3.05, 3.63) is 22.2 Å². The molecule has 0 bridgehead atoms. The summed E-state index contributed by atoms with van der Waals surface area (Å²) in [6.45, 7) is 2.35. The number of aromatic amines is 1. The van der Waals surface area contributed by atoms with Crippen LogP contribution in [0, 0.1) is 11.3 Å². The fourth-order valence-corrected chi connectivity index (χ4v) is 1.95. The van der Waals surface area contributed by atoms with Gasteiger partial charge in [-0.2, -0.15) is 14.8 Å². The van der Waals surface area contributed by atoms with Crippen LogP contribution in [-0.2, 0) is 4.74 Å². The summed E-state index contributed by atoms with van der Waals surface area (Å²) in [7, 11) is 0. The zero-order valence-corrected chi connectivity index (χ0v) is 9.46. The van der Waals surface area contributed by atoms with E-state index in [4.69, 9.17) is 10.00 Å². The highest BCUT2D eigenvalue weighted by Crippen LogP contribution is 2.15. The summed E-state index contributed by atoms with van der Waals surface area (Å²) < 4.78 is 6.40. The van der Waals surface area contributed by atoms with Crippen molar-refractivity contribution in [2.24, 2.45) is 0 Å². The van der Waals surface area contributed by atoms with Gasteiger partial charge < -0.3 is 9.64 Å². The highest BCUT2D eigenvalue weighted by Gasteiger charge is 2.21. The standard InChI is InChI=1S/C10H10N6O2/c11-5-7-8(15-1-3-18-4-2-15)14-10-12-6-13-16(10)9(7)17/h6H,1-4H2,(H,12,13,14). The van der Waals surface area contributed by atoms with Gasteiger partial charge in [0, 0.05) is 13.1 Å². The lowest BCUT2D eigenvalue weighted by atomic mass is 10.3. The van der Waals surface area contributed by atoms with Crippen molar-refractivity contribution < 1.29 is 4.74 Å². The summed E-state index contributed by atoms with van der Waals surface area (Å²) in [5.41, 5.74) is -0.403. The minimum atomic E-state index is -0.429. The van der Waals surface area contributed by atoms with E-state index in [-0.39, 0.29) is 11.3 Å². The van der Waals surface area contributed by atoms with Crippen molar-refractivity contribution in [3.8, 4) is 6.07 Å². The topological polar surface area (TPSA) is 99.3 Å². The molecule has 18 heavy (non-hydrogen) atoms. The zero-order valence-electron chi connectivity index (χ0n) is 9.46. The van der Waals surface area contributed by atoms with E-state index in [0.717, 1.165) is 4.52 Å². The Bertz CT molecular complexity index is 676. The Hall–Kier alpha value is -2.40. The molecule has 0 aromatic carbocycles. The van der Waals surface area contributed by atoms with E-state index in [9.17, 15) is 4.79 Å². The Kier molecular flexibility index (Phi) is 2.46. The number of nitrogens with one attached hydrogen (secondary N) is 1. The van der Waals surface area contributed by atoms with Crippen LogP contribution in [0.25, 0.3) is 5.78 Å². The van der Waals surface area contributed by atoms with Crippen molar-refractivity contribution in [2.75, 3.05) is 31.2 Å². The van der Waals surface area contributed by atoms with Gasteiger partial charge in [0.1, 0.15) is 12.4 Å². The Balaban J connectivity index is 2.21. The van der Waals surface area contributed by atoms with Crippen molar-refractivity contribution in [1.29, 1.82) is 5.26 Å². The van der Waals surface area contributed by atoms with E-state index < -0.39 is 5.56 Å². The molecule has 0 saturated carbocycles. The second kappa shape index (κ2) is 4.12. The average Bonchev–Trinajstić information content (AvgIpc) is 2.88. The summed E-state index contributed by atoms with van der Waals surface area (Å²) in [4.78, 5) is 22.1. The number of nitriles is 1. The predicted octanol–water partition coefficient (Wildman–Crippen LogP) is -0.874. The lowest BCUT2D eigenvalue weighted by molar-refractivity contribution is 0.122. The molecule has 92 valence electrons. The van der Waals surface area contributed by atoms with E-state index in [0.29, 0.717) is 32.1 Å². The Morgan fingerprint density at radius 2 is 2.22 bits per heavy atom. The van der Waals surface area contributed by atoms with Gasteiger partial charge in [0.15, 0.2) is 11.4 Å². The van der Waals surface area contributed by atoms with Crippen LogP contribution in [0.5, 0.6) is 0 Å². The monoisotopic (exact) mass is 246 g/mol. The van der Waals surface area contributed by atoms with Crippen LogP contribution < -0.4 is 10.5 Å². The molecule has 1 N–H and O–H groups in total. The lowest BCUT2D eigenvalue weighted by Crippen LogP contribution is -2.38.